The van der Waals surface area contributed by atoms with Crippen molar-refractivity contribution in [3.8, 4) is 0 Å². The van der Waals surface area contributed by atoms with E-state index >= 15 is 0 Å². The molecule has 0 aliphatic heterocycles. The minimum atomic E-state index is 0.0325. The van der Waals surface area contributed by atoms with Crippen LogP contribution in [0.5, 0.6) is 0 Å². The second-order valence-corrected chi connectivity index (χ2v) is 8.13. The molecule has 1 nitrogen and oxygen atoms in total. The molecule has 0 bridgehead atoms. The van der Waals surface area contributed by atoms with Crippen LogP contribution in [0, 0.1) is 0 Å². The molecule has 0 aliphatic carbocycles. The van der Waals surface area contributed by atoms with Crippen molar-refractivity contribution in [2.75, 3.05) is 11.1 Å². The Labute approximate surface area is 80.1 Å². The topological polar surface area (TPSA) is 3.24 Å². The first-order valence-electron chi connectivity index (χ1n) is 4.68. The van der Waals surface area contributed by atoms with Gasteiger partial charge in [0.2, 0.25) is 0 Å². The Morgan fingerprint density at radius 3 is 2.50 bits per heavy atom. The van der Waals surface area contributed by atoms with E-state index in [0.717, 1.165) is 0 Å². The molecule has 0 fully saturated rings. The normalized spacial score (nSPS) is 11.1. The summed E-state index contributed by atoms with van der Waals surface area (Å²) in [5, 5.41) is 0. The van der Waals surface area contributed by atoms with E-state index in [-0.39, 0.29) is 9.68 Å². The minimum absolute atomic E-state index is 0.0325. The lowest BCUT2D eigenvalue weighted by molar-refractivity contribution is 1.09. The summed E-state index contributed by atoms with van der Waals surface area (Å²) in [4.78, 5) is 0. The van der Waals surface area contributed by atoms with Gasteiger partial charge >= 0.3 is 0 Å². The molecule has 0 atom stereocenters. The van der Waals surface area contributed by atoms with Crippen molar-refractivity contribution < 1.29 is 0 Å². The zero-order valence-electron chi connectivity index (χ0n) is 7.96. The fraction of sp³-hybridized carbons (Fsp3) is 0.333. The highest BCUT2D eigenvalue weighted by Gasteiger charge is 2.00. The predicted octanol–water partition coefficient (Wildman–Crippen LogP) is 0.338. The van der Waals surface area contributed by atoms with Crippen LogP contribution < -0.4 is 4.57 Å². The molecule has 66 valence electrons. The largest absolute Gasteiger partial charge is 0.404 e. The summed E-state index contributed by atoms with van der Waals surface area (Å²) in [6.07, 6.45) is 0. The van der Waals surface area contributed by atoms with Crippen LogP contribution >= 0.6 is 0 Å². The second kappa shape index (κ2) is 5.16. The van der Waals surface area contributed by atoms with Crippen LogP contribution in [0.15, 0.2) is 30.3 Å². The van der Waals surface area contributed by atoms with Crippen molar-refractivity contribution in [3.63, 3.8) is 0 Å². The van der Waals surface area contributed by atoms with E-state index in [4.69, 9.17) is 0 Å². The Morgan fingerprint density at radius 2 is 2.00 bits per heavy atom. The van der Waals surface area contributed by atoms with E-state index in [2.05, 4.69) is 41.8 Å². The van der Waals surface area contributed by atoms with E-state index in [1.54, 1.807) is 0 Å². The molecule has 0 radical (unpaired) electrons. The molecule has 0 aliphatic rings. The molecule has 0 unspecified atom stereocenters. The van der Waals surface area contributed by atoms with Crippen LogP contribution in [0.25, 0.3) is 0 Å². The fourth-order valence-electron chi connectivity index (χ4n) is 1.38. The predicted molar refractivity (Wildman–Crippen MR) is 62.8 cm³/mol. The van der Waals surface area contributed by atoms with Gasteiger partial charge in [-0.05, 0) is 19.1 Å². The third kappa shape index (κ3) is 2.50. The molecule has 0 spiro atoms. The van der Waals surface area contributed by atoms with E-state index in [9.17, 15) is 0 Å². The molecule has 0 N–H and O–H groups in total. The first-order chi connectivity index (χ1) is 5.88. The average Bonchev–Trinajstić information content (AvgIpc) is 2.15. The lowest BCUT2D eigenvalue weighted by Gasteiger charge is -2.22. The summed E-state index contributed by atoms with van der Waals surface area (Å²) in [7, 11) is 1.40. The zero-order valence-corrected chi connectivity index (χ0v) is 11.4. The molecule has 3 heteroatoms. The highest BCUT2D eigenvalue weighted by atomic mass is 28.3. The summed E-state index contributed by atoms with van der Waals surface area (Å²) >= 11 is 0. The van der Waals surface area contributed by atoms with E-state index in [1.165, 1.54) is 28.1 Å². The Hall–Kier alpha value is -0.546. The van der Waals surface area contributed by atoms with Gasteiger partial charge < -0.3 is 4.57 Å². The van der Waals surface area contributed by atoms with Gasteiger partial charge in [-0.2, -0.15) is 0 Å². The van der Waals surface area contributed by atoms with Crippen LogP contribution in [-0.4, -0.2) is 26.5 Å². The minimum Gasteiger partial charge on any atom is -0.404 e. The van der Waals surface area contributed by atoms with Gasteiger partial charge in [-0.1, -0.05) is 23.9 Å². The van der Waals surface area contributed by atoms with Crippen LogP contribution in [0.2, 0.25) is 5.67 Å². The Kier molecular flexibility index (Phi) is 4.10. The van der Waals surface area contributed by atoms with Crippen molar-refractivity contribution in [1.29, 1.82) is 0 Å². The summed E-state index contributed by atoms with van der Waals surface area (Å²) in [6, 6.07) is 10.8. The van der Waals surface area contributed by atoms with Gasteiger partial charge in [-0.15, -0.1) is 0 Å². The van der Waals surface area contributed by atoms with E-state index < -0.39 is 0 Å². The van der Waals surface area contributed by atoms with Gasteiger partial charge in [-0.25, -0.2) is 0 Å². The van der Waals surface area contributed by atoms with E-state index in [0.29, 0.717) is 0 Å². The number of nitrogens with zero attached hydrogens (tertiary/aromatic N) is 1. The van der Waals surface area contributed by atoms with Crippen LogP contribution in [0.1, 0.15) is 6.92 Å². The lowest BCUT2D eigenvalue weighted by atomic mass is 10.3. The molecule has 12 heavy (non-hydrogen) atoms. The monoisotopic (exact) mass is 195 g/mol. The maximum atomic E-state index is 2.56. The molecule has 0 saturated heterocycles. The number of hydrogen-bond acceptors (Lipinski definition) is 1. The third-order valence-electron chi connectivity index (χ3n) is 2.00. The van der Waals surface area contributed by atoms with Gasteiger partial charge in [0.05, 0.1) is 0 Å². The molecule has 1 aromatic rings. The maximum Gasteiger partial charge on any atom is 0.120 e. The molecule has 0 aromatic heterocycles. The molecule has 1 aromatic carbocycles. The summed E-state index contributed by atoms with van der Waals surface area (Å²) in [5.74, 6) is 0. The number of hydrogen-bond donors (Lipinski definition) is 0. The quantitative estimate of drug-likeness (QED) is 0.626. The average molecular weight is 195 g/mol. The first-order valence-corrected chi connectivity index (χ1v) is 7.73. The van der Waals surface area contributed by atoms with E-state index in [1.807, 2.05) is 0 Å². The second-order valence-electron chi connectivity index (χ2n) is 2.92. The highest BCUT2D eigenvalue weighted by Crippen LogP contribution is 2.11. The smallest absolute Gasteiger partial charge is 0.120 e. The molecular weight excluding hydrogens is 178 g/mol. The van der Waals surface area contributed by atoms with Crippen molar-refractivity contribution in [3.05, 3.63) is 30.3 Å². The zero-order chi connectivity index (χ0) is 8.81. The standard InChI is InChI=1S/C9H17NSi2/c1-2-10(12-8-11)9-6-4-3-5-7-9/h3-7H,2,8,12H2,1,11H3. The molecule has 0 amide bonds. The van der Waals surface area contributed by atoms with Crippen LogP contribution in [0.4, 0.5) is 5.69 Å². The summed E-state index contributed by atoms with van der Waals surface area (Å²) in [6.45, 7) is 3.43. The Balaban J connectivity index is 2.66. The molecule has 0 heterocycles. The Morgan fingerprint density at radius 1 is 1.33 bits per heavy atom. The summed E-state index contributed by atoms with van der Waals surface area (Å²) in [5.41, 5.74) is 2.91. The van der Waals surface area contributed by atoms with Crippen molar-refractivity contribution >= 4 is 25.6 Å². The van der Waals surface area contributed by atoms with Crippen LogP contribution in [0.3, 0.4) is 0 Å². The summed E-state index contributed by atoms with van der Waals surface area (Å²) < 4.78 is 2.56. The van der Waals surface area contributed by atoms with Gasteiger partial charge in [-0.3, -0.25) is 0 Å². The molecule has 1 rings (SSSR count). The maximum absolute atomic E-state index is 2.56. The van der Waals surface area contributed by atoms with Gasteiger partial charge in [0.25, 0.3) is 0 Å². The SMILES string of the molecule is CCN([SiH2]C[SiH3])c1ccccc1. The first kappa shape index (κ1) is 9.54. The third-order valence-corrected chi connectivity index (χ3v) is 5.14. The molecule has 0 saturated carbocycles. The number of rotatable bonds is 4. The number of para-hydroxylation sites is 1. The van der Waals surface area contributed by atoms with Gasteiger partial charge in [0.1, 0.15) is 9.68 Å². The van der Waals surface area contributed by atoms with Crippen molar-refractivity contribution in [2.45, 2.75) is 12.6 Å². The van der Waals surface area contributed by atoms with Gasteiger partial charge in [0.15, 0.2) is 0 Å². The van der Waals surface area contributed by atoms with Crippen molar-refractivity contribution in [2.24, 2.45) is 0 Å². The molecular formula is C9H17NSi2. The number of benzene rings is 1. The van der Waals surface area contributed by atoms with Gasteiger partial charge in [0, 0.05) is 22.5 Å². The number of anilines is 1. The van der Waals surface area contributed by atoms with Crippen molar-refractivity contribution in [1.82, 2.24) is 0 Å². The van der Waals surface area contributed by atoms with Crippen LogP contribution in [-0.2, 0) is 0 Å². The highest BCUT2D eigenvalue weighted by molar-refractivity contribution is 6.51. The Bertz CT molecular complexity index is 213. The lowest BCUT2D eigenvalue weighted by Crippen LogP contribution is -2.26. The fourth-order valence-corrected chi connectivity index (χ4v) is 4.32.